The summed E-state index contributed by atoms with van der Waals surface area (Å²) in [6.45, 7) is 4.25. The number of hydrogen-bond donors (Lipinski definition) is 7. The average Bonchev–Trinajstić information content (AvgIpc) is 3.60. The quantitative estimate of drug-likeness (QED) is 0.0783. The van der Waals surface area contributed by atoms with Crippen molar-refractivity contribution in [2.24, 2.45) is 11.8 Å². The van der Waals surface area contributed by atoms with E-state index in [1.54, 1.807) is 26.8 Å². The van der Waals surface area contributed by atoms with Crippen LogP contribution in [0.2, 0.25) is 0 Å². The monoisotopic (exact) mass is 859 g/mol. The maximum Gasteiger partial charge on any atom is 0.343 e. The molecule has 0 bridgehead atoms. The zero-order valence-corrected chi connectivity index (χ0v) is 34.7. The molecular formula is C43H50FN7O11. The molecule has 4 heterocycles. The van der Waals surface area contributed by atoms with E-state index in [1.165, 1.54) is 10.6 Å². The van der Waals surface area contributed by atoms with Gasteiger partial charge in [0.05, 0.1) is 48.1 Å². The molecule has 0 radical (unpaired) electrons. The fourth-order valence-electron chi connectivity index (χ4n) is 9.03. The van der Waals surface area contributed by atoms with Crippen LogP contribution >= 0.6 is 0 Å². The molecule has 18 nitrogen and oxygen atoms in total. The van der Waals surface area contributed by atoms with Gasteiger partial charge in [-0.2, -0.15) is 0 Å². The van der Waals surface area contributed by atoms with Crippen LogP contribution in [0.4, 0.5) is 4.39 Å². The number of esters is 1. The third-order valence-electron chi connectivity index (χ3n) is 12.7. The number of amides is 5. The van der Waals surface area contributed by atoms with Crippen molar-refractivity contribution < 1.29 is 52.9 Å². The Hall–Kier alpha value is -6.24. The number of nitrogens with zero attached hydrogens (tertiary/aromatic N) is 2. The number of aromatic nitrogens is 2. The Labute approximate surface area is 354 Å². The minimum Gasteiger partial charge on any atom is -0.481 e. The summed E-state index contributed by atoms with van der Waals surface area (Å²) < 4.78 is 22.1. The molecule has 3 aromatic rings. The van der Waals surface area contributed by atoms with Crippen LogP contribution in [0.1, 0.15) is 105 Å². The van der Waals surface area contributed by atoms with Crippen LogP contribution in [-0.4, -0.2) is 86.9 Å². The predicted molar refractivity (Wildman–Crippen MR) is 217 cm³/mol. The molecule has 7 N–H and O–H groups in total. The number of ether oxygens (including phenoxy) is 1. The second-order valence-corrected chi connectivity index (χ2v) is 16.5. The Morgan fingerprint density at radius 2 is 1.74 bits per heavy atom. The van der Waals surface area contributed by atoms with Crippen molar-refractivity contribution >= 4 is 52.4 Å². The van der Waals surface area contributed by atoms with Crippen LogP contribution in [0.15, 0.2) is 16.9 Å². The molecule has 5 amide bonds. The number of aliphatic carboxylic acids is 1. The largest absolute Gasteiger partial charge is 0.481 e. The van der Waals surface area contributed by atoms with Gasteiger partial charge in [-0.1, -0.05) is 13.8 Å². The predicted octanol–water partition coefficient (Wildman–Crippen LogP) is 1.16. The Bertz CT molecular complexity index is 2460. The number of fused-ring (bicyclic) bond motifs is 5. The zero-order valence-electron chi connectivity index (χ0n) is 34.7. The van der Waals surface area contributed by atoms with Gasteiger partial charge in [-0.15, -0.1) is 0 Å². The van der Waals surface area contributed by atoms with E-state index >= 15 is 4.39 Å². The van der Waals surface area contributed by atoms with Crippen molar-refractivity contribution in [3.63, 3.8) is 0 Å². The second-order valence-electron chi connectivity index (χ2n) is 16.5. The van der Waals surface area contributed by atoms with Crippen molar-refractivity contribution in [1.82, 2.24) is 36.1 Å². The highest BCUT2D eigenvalue weighted by molar-refractivity contribution is 5.95. The number of cyclic esters (lactones) is 1. The first-order valence-electron chi connectivity index (χ1n) is 21.0. The molecule has 330 valence electrons. The molecule has 2 aliphatic heterocycles. The van der Waals surface area contributed by atoms with E-state index in [0.717, 1.165) is 16.5 Å². The van der Waals surface area contributed by atoms with Crippen LogP contribution in [0.3, 0.4) is 0 Å². The van der Waals surface area contributed by atoms with E-state index < -0.39 is 78.2 Å². The third-order valence-corrected chi connectivity index (χ3v) is 12.7. The van der Waals surface area contributed by atoms with Crippen molar-refractivity contribution in [1.29, 1.82) is 0 Å². The van der Waals surface area contributed by atoms with E-state index in [9.17, 15) is 43.5 Å². The van der Waals surface area contributed by atoms with Crippen molar-refractivity contribution in [3.05, 3.63) is 61.7 Å². The lowest BCUT2D eigenvalue weighted by Crippen LogP contribution is -2.51. The fraction of sp³-hybridized carbons (Fsp3) is 0.512. The third kappa shape index (κ3) is 8.36. The molecule has 62 heavy (non-hydrogen) atoms. The number of halogens is 1. The van der Waals surface area contributed by atoms with Crippen LogP contribution in [0.25, 0.3) is 22.3 Å². The lowest BCUT2D eigenvalue weighted by Gasteiger charge is -2.36. The number of rotatable bonds is 16. The molecule has 0 spiro atoms. The number of carboxylic acid groups (broad SMARTS) is 1. The van der Waals surface area contributed by atoms with Gasteiger partial charge in [-0.05, 0) is 80.5 Å². The number of carboxylic acids is 1. The van der Waals surface area contributed by atoms with Crippen LogP contribution < -0.4 is 32.1 Å². The molecule has 4 aliphatic rings. The highest BCUT2D eigenvalue weighted by atomic mass is 19.1. The lowest BCUT2D eigenvalue weighted by molar-refractivity contribution is -0.172. The summed E-state index contributed by atoms with van der Waals surface area (Å²) in [5, 5.41) is 34.3. The minimum atomic E-state index is -2.01. The molecular weight excluding hydrogens is 810 g/mol. The Balaban J connectivity index is 0.967. The van der Waals surface area contributed by atoms with Crippen molar-refractivity contribution in [3.8, 4) is 11.4 Å². The fourth-order valence-corrected chi connectivity index (χ4v) is 9.03. The number of aryl methyl sites for hydroxylation is 1. The first-order chi connectivity index (χ1) is 29.5. The molecule has 1 fully saturated rings. The summed E-state index contributed by atoms with van der Waals surface area (Å²) >= 11 is 0. The number of carbonyl (C=O) groups excluding carboxylic acids is 6. The number of pyridine rings is 2. The molecule has 2 aliphatic carbocycles. The standard InChI is InChI=1S/C43H50FN7O11/c1-4-32(52)46-17-34(54)48-29(8-9-35(55)56)40(58)47-16-33(53)45-11-10-21-12-22(13-21)39(57)50-28-7-6-23-20(3)27(44)15-30-36(23)37(28)24-18-51-31(38(24)49-30)14-26-25(41(51)59)19-62-42(60)43(26,61)5-2/h14-15,21-22,28-29,61H,4-13,16-19H2,1-3H3,(H,45,53)(H,46,52)(H,47,58)(H,48,54)(H,50,57)(H,55,56)/t21-,22+,28-,29-,43-/m0/s1. The van der Waals surface area contributed by atoms with Crippen molar-refractivity contribution in [2.75, 3.05) is 19.6 Å². The van der Waals surface area contributed by atoms with E-state index in [4.69, 9.17) is 14.8 Å². The number of carbonyl (C=O) groups is 7. The highest BCUT2D eigenvalue weighted by Crippen LogP contribution is 2.46. The average molecular weight is 860 g/mol. The molecule has 1 saturated carbocycles. The summed E-state index contributed by atoms with van der Waals surface area (Å²) in [5.41, 5.74) is 1.85. The van der Waals surface area contributed by atoms with Gasteiger partial charge in [0.25, 0.3) is 5.56 Å². The summed E-state index contributed by atoms with van der Waals surface area (Å²) in [4.78, 5) is 105. The van der Waals surface area contributed by atoms with E-state index in [1.807, 2.05) is 0 Å². The van der Waals surface area contributed by atoms with Crippen molar-refractivity contribution in [2.45, 2.75) is 109 Å². The van der Waals surface area contributed by atoms with Gasteiger partial charge in [0.2, 0.25) is 29.5 Å². The molecule has 7 rings (SSSR count). The highest BCUT2D eigenvalue weighted by Gasteiger charge is 2.46. The number of benzene rings is 1. The molecule has 2 aromatic heterocycles. The first kappa shape index (κ1) is 43.8. The van der Waals surface area contributed by atoms with E-state index in [2.05, 4.69) is 26.6 Å². The van der Waals surface area contributed by atoms with Gasteiger partial charge in [-0.3, -0.25) is 33.6 Å². The number of nitrogens with one attached hydrogen (secondary N) is 5. The molecule has 1 aromatic carbocycles. The van der Waals surface area contributed by atoms with Crippen LogP contribution in [0, 0.1) is 24.6 Å². The summed E-state index contributed by atoms with van der Waals surface area (Å²) in [6, 6.07) is 1.27. The summed E-state index contributed by atoms with van der Waals surface area (Å²) in [6.07, 6.45) is 2.20. The van der Waals surface area contributed by atoms with Gasteiger partial charge in [0.1, 0.15) is 18.5 Å². The summed E-state index contributed by atoms with van der Waals surface area (Å²) in [5.74, 6) is -5.04. The molecule has 0 saturated heterocycles. The minimum absolute atomic E-state index is 0.0179. The number of aliphatic hydroxyl groups is 1. The summed E-state index contributed by atoms with van der Waals surface area (Å²) in [7, 11) is 0. The topological polar surface area (TPSA) is 264 Å². The van der Waals surface area contributed by atoms with Gasteiger partial charge in [0, 0.05) is 47.9 Å². The zero-order chi connectivity index (χ0) is 44.6. The first-order valence-corrected chi connectivity index (χ1v) is 21.0. The van der Waals surface area contributed by atoms with Gasteiger partial charge >= 0.3 is 11.9 Å². The molecule has 19 heteroatoms. The van der Waals surface area contributed by atoms with Crippen LogP contribution in [-0.2, 0) is 63.5 Å². The van der Waals surface area contributed by atoms with Gasteiger partial charge < -0.3 is 46.1 Å². The van der Waals surface area contributed by atoms with Crippen LogP contribution in [0.5, 0.6) is 0 Å². The second kappa shape index (κ2) is 17.6. The molecule has 3 atom stereocenters. The van der Waals surface area contributed by atoms with Gasteiger partial charge in [-0.25, -0.2) is 14.2 Å². The van der Waals surface area contributed by atoms with E-state index in [0.29, 0.717) is 60.1 Å². The normalized spacial score (nSPS) is 21.0. The Morgan fingerprint density at radius 1 is 1.00 bits per heavy atom. The maximum atomic E-state index is 15.3. The van der Waals surface area contributed by atoms with Gasteiger partial charge in [0.15, 0.2) is 5.60 Å². The lowest BCUT2D eigenvalue weighted by atomic mass is 9.72. The maximum absolute atomic E-state index is 15.3. The molecule has 0 unspecified atom stereocenters. The smallest absolute Gasteiger partial charge is 0.343 e. The SMILES string of the molecule is CCC(=O)NCC(=O)N[C@@H](CCC(=O)O)C(=O)NCC(=O)NCC[C@H]1C[C@@H](C(=O)N[C@H]2CCc3c(C)c(F)cc4nc5c(c2c34)Cn2c-5cc3c(c2=O)COC(=O)[C@]3(O)CC)C1. The number of hydrogen-bond acceptors (Lipinski definition) is 11. The Kier molecular flexibility index (Phi) is 12.5. The van der Waals surface area contributed by atoms with E-state index in [-0.39, 0.29) is 73.7 Å². The Morgan fingerprint density at radius 3 is 2.45 bits per heavy atom.